The Morgan fingerprint density at radius 1 is 1.26 bits per heavy atom. The van der Waals surface area contributed by atoms with Gasteiger partial charge in [0.05, 0.1) is 25.5 Å². The number of morpholine rings is 1. The van der Waals surface area contributed by atoms with Crippen LogP contribution in [-0.2, 0) is 9.47 Å². The summed E-state index contributed by atoms with van der Waals surface area (Å²) in [5, 5.41) is 0.659. The molecule has 2 aromatic rings. The van der Waals surface area contributed by atoms with Gasteiger partial charge in [-0.1, -0.05) is 23.7 Å². The molecule has 9 heteroatoms. The van der Waals surface area contributed by atoms with E-state index in [1.165, 1.54) is 11.3 Å². The lowest BCUT2D eigenvalue weighted by molar-refractivity contribution is 0.0343. The Morgan fingerprint density at radius 3 is 2.63 bits per heavy atom. The number of amides is 1. The van der Waals surface area contributed by atoms with E-state index in [0.717, 1.165) is 55.4 Å². The highest BCUT2D eigenvalue weighted by atomic mass is 35.5. The molecule has 0 spiro atoms. The molecule has 1 aromatic carbocycles. The average Bonchev–Trinajstić information content (AvgIpc) is 3.32. The predicted octanol–water partition coefficient (Wildman–Crippen LogP) is 5.66. The number of thiophene rings is 1. The summed E-state index contributed by atoms with van der Waals surface area (Å²) in [5.41, 5.74) is 2.25. The quantitative estimate of drug-likeness (QED) is 0.168. The summed E-state index contributed by atoms with van der Waals surface area (Å²) < 4.78 is 11.1. The maximum absolute atomic E-state index is 13.2. The second-order valence-corrected chi connectivity index (χ2v) is 9.47. The minimum absolute atomic E-state index is 0.167. The van der Waals surface area contributed by atoms with E-state index in [0.29, 0.717) is 28.1 Å². The second-order valence-electron chi connectivity index (χ2n) is 7.98. The maximum atomic E-state index is 13.2. The minimum Gasteiger partial charge on any atom is -0.478 e. The van der Waals surface area contributed by atoms with Crippen molar-refractivity contribution in [3.63, 3.8) is 0 Å². The van der Waals surface area contributed by atoms with Gasteiger partial charge < -0.3 is 14.4 Å². The molecule has 1 saturated heterocycles. The van der Waals surface area contributed by atoms with E-state index >= 15 is 0 Å². The van der Waals surface area contributed by atoms with Crippen molar-refractivity contribution in [1.29, 1.82) is 0 Å². The Bertz CT molecular complexity index is 1090. The lowest BCUT2D eigenvalue weighted by Crippen LogP contribution is -2.37. The predicted molar refractivity (Wildman–Crippen MR) is 145 cm³/mol. The van der Waals surface area contributed by atoms with Gasteiger partial charge in [-0.15, -0.1) is 11.3 Å². The van der Waals surface area contributed by atoms with Gasteiger partial charge in [-0.05, 0) is 56.6 Å². The van der Waals surface area contributed by atoms with Gasteiger partial charge in [0.1, 0.15) is 4.88 Å². The number of hydrogen-bond acceptors (Lipinski definition) is 7. The van der Waals surface area contributed by atoms with Gasteiger partial charge in [-0.3, -0.25) is 14.7 Å². The number of carbonyl (C=O) groups is 1. The summed E-state index contributed by atoms with van der Waals surface area (Å²) in [7, 11) is 1.72. The third-order valence-electron chi connectivity index (χ3n) is 5.63. The molecule has 0 radical (unpaired) electrons. The Balaban J connectivity index is 1.62. The molecule has 3 rings (SSSR count). The number of nitrogens with zero attached hydrogens (tertiary/aromatic N) is 4. The number of rotatable bonds is 11. The van der Waals surface area contributed by atoms with E-state index in [1.54, 1.807) is 24.1 Å². The number of halogens is 1. The van der Waals surface area contributed by atoms with Crippen molar-refractivity contribution in [3.8, 4) is 10.4 Å². The Hall–Kier alpha value is -2.78. The van der Waals surface area contributed by atoms with E-state index in [9.17, 15) is 4.79 Å². The first-order valence-corrected chi connectivity index (χ1v) is 12.5. The molecule has 0 unspecified atom stereocenters. The monoisotopic (exact) mass is 514 g/mol. The Morgan fingerprint density at radius 2 is 1.97 bits per heavy atom. The van der Waals surface area contributed by atoms with E-state index in [2.05, 4.69) is 28.3 Å². The summed E-state index contributed by atoms with van der Waals surface area (Å²) >= 11 is 7.37. The third-order valence-corrected chi connectivity index (χ3v) is 7.05. The number of carbonyl (C=O) groups excluding carboxylic acids is 1. The zero-order valence-electron chi connectivity index (χ0n) is 20.2. The molecular formula is C26H31ClN4O3S. The van der Waals surface area contributed by atoms with E-state index in [1.807, 2.05) is 37.3 Å². The van der Waals surface area contributed by atoms with Crippen LogP contribution in [-0.4, -0.2) is 75.6 Å². The molecular weight excluding hydrogens is 484 g/mol. The average molecular weight is 515 g/mol. The van der Waals surface area contributed by atoms with Gasteiger partial charge in [0.25, 0.3) is 5.91 Å². The van der Waals surface area contributed by atoms with Crippen LogP contribution in [0, 0.1) is 0 Å². The molecule has 0 bridgehead atoms. The van der Waals surface area contributed by atoms with Crippen molar-refractivity contribution >= 4 is 48.0 Å². The molecule has 2 heterocycles. The summed E-state index contributed by atoms with van der Waals surface area (Å²) in [6, 6.07) is 9.34. The van der Waals surface area contributed by atoms with Crippen molar-refractivity contribution in [3.05, 3.63) is 64.0 Å². The first-order chi connectivity index (χ1) is 16.9. The fourth-order valence-corrected chi connectivity index (χ4v) is 4.68. The molecule has 0 N–H and O–H groups in total. The number of allylic oxidation sites excluding steroid dienone is 3. The van der Waals surface area contributed by atoms with Gasteiger partial charge >= 0.3 is 0 Å². The molecule has 186 valence electrons. The molecule has 35 heavy (non-hydrogen) atoms. The van der Waals surface area contributed by atoms with Crippen LogP contribution in [0.4, 0.5) is 5.69 Å². The molecule has 7 nitrogen and oxygen atoms in total. The van der Waals surface area contributed by atoms with Crippen LogP contribution >= 0.6 is 22.9 Å². The van der Waals surface area contributed by atoms with Gasteiger partial charge in [0.15, 0.2) is 0 Å². The summed E-state index contributed by atoms with van der Waals surface area (Å²) in [5.74, 6) is 0.251. The van der Waals surface area contributed by atoms with Crippen molar-refractivity contribution in [1.82, 2.24) is 9.80 Å². The highest BCUT2D eigenvalue weighted by molar-refractivity contribution is 7.18. The van der Waals surface area contributed by atoms with Crippen molar-refractivity contribution in [2.75, 3.05) is 46.5 Å². The van der Waals surface area contributed by atoms with Crippen LogP contribution in [0.2, 0.25) is 5.02 Å². The SMILES string of the molecule is C=NC(=CC=C(C)N(C)C(=O)c1sc(-c2ccc(Cl)cc2)cc1N=C)OCCCN1CCOCC1. The van der Waals surface area contributed by atoms with Crippen LogP contribution in [0.3, 0.4) is 0 Å². The largest absolute Gasteiger partial charge is 0.478 e. The number of benzene rings is 1. The molecule has 0 saturated carbocycles. The van der Waals surface area contributed by atoms with Gasteiger partial charge in [0.2, 0.25) is 5.88 Å². The third kappa shape index (κ3) is 7.60. The second kappa shape index (κ2) is 13.3. The topological polar surface area (TPSA) is 66.7 Å². The molecule has 1 amide bonds. The lowest BCUT2D eigenvalue weighted by Gasteiger charge is -2.26. The first kappa shape index (κ1) is 26.8. The van der Waals surface area contributed by atoms with Crippen LogP contribution in [0.1, 0.15) is 23.0 Å². The van der Waals surface area contributed by atoms with Crippen LogP contribution < -0.4 is 0 Å². The molecule has 0 atom stereocenters. The normalized spacial score (nSPS) is 15.1. The first-order valence-electron chi connectivity index (χ1n) is 11.4. The van der Waals surface area contributed by atoms with Gasteiger partial charge in [0, 0.05) is 48.4 Å². The standard InChI is InChI=1S/C26H31ClN4O3S/c1-19(6-11-24(29-3)34-15-5-12-31-13-16-33-17-14-31)30(4)26(32)25-22(28-2)18-23(35-25)20-7-9-21(27)10-8-20/h6-11,18H,2-3,5,12-17H2,1,4H3. The fourth-order valence-electron chi connectivity index (χ4n) is 3.46. The number of aliphatic imine (C=N–C) groups is 2. The summed E-state index contributed by atoms with van der Waals surface area (Å²) in [6.45, 7) is 14.1. The maximum Gasteiger partial charge on any atom is 0.270 e. The van der Waals surface area contributed by atoms with Crippen LogP contribution in [0.15, 0.2) is 64.0 Å². The van der Waals surface area contributed by atoms with Crippen molar-refractivity contribution in [2.45, 2.75) is 13.3 Å². The molecule has 1 aliphatic rings. The van der Waals surface area contributed by atoms with Gasteiger partial charge in [-0.25, -0.2) is 4.99 Å². The van der Waals surface area contributed by atoms with E-state index < -0.39 is 0 Å². The minimum atomic E-state index is -0.167. The summed E-state index contributed by atoms with van der Waals surface area (Å²) in [6.07, 6.45) is 4.40. The van der Waals surface area contributed by atoms with Gasteiger partial charge in [-0.2, -0.15) is 0 Å². The zero-order valence-corrected chi connectivity index (χ0v) is 21.8. The Labute approximate surface area is 216 Å². The molecule has 1 aromatic heterocycles. The molecule has 1 aliphatic heterocycles. The Kier molecular flexibility index (Phi) is 10.2. The number of hydrogen-bond donors (Lipinski definition) is 0. The molecule has 1 fully saturated rings. The highest BCUT2D eigenvalue weighted by Crippen LogP contribution is 2.37. The summed E-state index contributed by atoms with van der Waals surface area (Å²) in [4.78, 5) is 26.6. The van der Waals surface area contributed by atoms with E-state index in [4.69, 9.17) is 21.1 Å². The number of ether oxygens (including phenoxy) is 2. The smallest absolute Gasteiger partial charge is 0.270 e. The molecule has 0 aliphatic carbocycles. The van der Waals surface area contributed by atoms with Crippen molar-refractivity contribution < 1.29 is 14.3 Å². The van der Waals surface area contributed by atoms with Crippen LogP contribution in [0.5, 0.6) is 0 Å². The zero-order chi connectivity index (χ0) is 25.2. The fraction of sp³-hybridized carbons (Fsp3) is 0.346. The highest BCUT2D eigenvalue weighted by Gasteiger charge is 2.21. The van der Waals surface area contributed by atoms with Crippen LogP contribution in [0.25, 0.3) is 10.4 Å². The lowest BCUT2D eigenvalue weighted by atomic mass is 10.2. The van der Waals surface area contributed by atoms with Crippen molar-refractivity contribution in [2.24, 2.45) is 9.98 Å². The van der Waals surface area contributed by atoms with E-state index in [-0.39, 0.29) is 5.91 Å².